The van der Waals surface area contributed by atoms with Gasteiger partial charge in [0.1, 0.15) is 11.6 Å². The summed E-state index contributed by atoms with van der Waals surface area (Å²) in [5, 5.41) is 3.16. The van der Waals surface area contributed by atoms with Crippen LogP contribution in [0.15, 0.2) is 12.1 Å². The van der Waals surface area contributed by atoms with Gasteiger partial charge in [0.25, 0.3) is 0 Å². The number of hydrogen-bond donors (Lipinski definition) is 1. The van der Waals surface area contributed by atoms with Crippen LogP contribution in [0.4, 0.5) is 8.78 Å². The maximum Gasteiger partial charge on any atom is 0.130 e. The second kappa shape index (κ2) is 6.67. The Balaban J connectivity index is 2.39. The first-order valence-electron chi connectivity index (χ1n) is 5.80. The molecule has 2 nitrogen and oxygen atoms in total. The van der Waals surface area contributed by atoms with E-state index in [2.05, 4.69) is 10.2 Å². The molecule has 0 aliphatic heterocycles. The largest absolute Gasteiger partial charge is 0.313 e. The first-order valence-corrected chi connectivity index (χ1v) is 5.80. The molecular formula is C13H20F2N2. The van der Waals surface area contributed by atoms with E-state index in [0.717, 1.165) is 25.6 Å². The standard InChI is InChI=1S/C13H20F2N2/c1-10-7-11(13(15)8-12(10)14)9-16-5-4-6-17(2)3/h7-8,16H,4-6,9H2,1-3H3. The summed E-state index contributed by atoms with van der Waals surface area (Å²) in [7, 11) is 4.03. The smallest absolute Gasteiger partial charge is 0.130 e. The van der Waals surface area contributed by atoms with Crippen molar-refractivity contribution >= 4 is 0 Å². The second-order valence-corrected chi connectivity index (χ2v) is 4.53. The third kappa shape index (κ3) is 4.79. The van der Waals surface area contributed by atoms with Crippen LogP contribution in [-0.2, 0) is 6.54 Å². The van der Waals surface area contributed by atoms with E-state index in [1.807, 2.05) is 14.1 Å². The van der Waals surface area contributed by atoms with Gasteiger partial charge in [-0.1, -0.05) is 0 Å². The van der Waals surface area contributed by atoms with Gasteiger partial charge in [0.15, 0.2) is 0 Å². The van der Waals surface area contributed by atoms with Crippen molar-refractivity contribution in [3.63, 3.8) is 0 Å². The molecule has 0 saturated carbocycles. The third-order valence-electron chi connectivity index (χ3n) is 2.60. The minimum Gasteiger partial charge on any atom is -0.313 e. The summed E-state index contributed by atoms with van der Waals surface area (Å²) in [5.41, 5.74) is 1.00. The normalized spacial score (nSPS) is 11.2. The summed E-state index contributed by atoms with van der Waals surface area (Å²) in [6.07, 6.45) is 1.01. The molecule has 0 fully saturated rings. The van der Waals surface area contributed by atoms with E-state index in [4.69, 9.17) is 0 Å². The highest BCUT2D eigenvalue weighted by molar-refractivity contribution is 5.25. The molecule has 0 saturated heterocycles. The molecule has 1 aromatic carbocycles. The zero-order chi connectivity index (χ0) is 12.8. The van der Waals surface area contributed by atoms with Gasteiger partial charge in [-0.15, -0.1) is 0 Å². The lowest BCUT2D eigenvalue weighted by atomic mass is 10.1. The highest BCUT2D eigenvalue weighted by Crippen LogP contribution is 2.13. The summed E-state index contributed by atoms with van der Waals surface area (Å²) >= 11 is 0. The lowest BCUT2D eigenvalue weighted by Gasteiger charge is -2.10. The van der Waals surface area contributed by atoms with E-state index in [1.54, 1.807) is 13.0 Å². The topological polar surface area (TPSA) is 15.3 Å². The maximum absolute atomic E-state index is 13.4. The van der Waals surface area contributed by atoms with Gasteiger partial charge in [-0.3, -0.25) is 0 Å². The lowest BCUT2D eigenvalue weighted by Crippen LogP contribution is -2.21. The highest BCUT2D eigenvalue weighted by Gasteiger charge is 2.06. The van der Waals surface area contributed by atoms with Crippen molar-refractivity contribution in [3.8, 4) is 0 Å². The van der Waals surface area contributed by atoms with Crippen LogP contribution >= 0.6 is 0 Å². The Hall–Kier alpha value is -1.00. The molecule has 1 rings (SSSR count). The van der Waals surface area contributed by atoms with E-state index in [1.165, 1.54) is 0 Å². The summed E-state index contributed by atoms with van der Waals surface area (Å²) in [5.74, 6) is -0.966. The number of benzene rings is 1. The van der Waals surface area contributed by atoms with E-state index in [0.29, 0.717) is 17.7 Å². The van der Waals surface area contributed by atoms with Crippen molar-refractivity contribution in [3.05, 3.63) is 34.9 Å². The van der Waals surface area contributed by atoms with E-state index >= 15 is 0 Å². The predicted molar refractivity (Wildman–Crippen MR) is 66.0 cm³/mol. The molecule has 1 aromatic rings. The van der Waals surface area contributed by atoms with Crippen molar-refractivity contribution in [2.75, 3.05) is 27.2 Å². The van der Waals surface area contributed by atoms with Gasteiger partial charge >= 0.3 is 0 Å². The molecule has 0 aromatic heterocycles. The Morgan fingerprint density at radius 3 is 2.53 bits per heavy atom. The average molecular weight is 242 g/mol. The molecular weight excluding hydrogens is 222 g/mol. The zero-order valence-electron chi connectivity index (χ0n) is 10.7. The molecule has 96 valence electrons. The molecule has 0 unspecified atom stereocenters. The van der Waals surface area contributed by atoms with Crippen LogP contribution in [0.5, 0.6) is 0 Å². The molecule has 0 heterocycles. The van der Waals surface area contributed by atoms with E-state index in [-0.39, 0.29) is 0 Å². The molecule has 0 atom stereocenters. The average Bonchev–Trinajstić information content (AvgIpc) is 2.24. The Bertz CT molecular complexity index is 365. The number of halogens is 2. The van der Waals surface area contributed by atoms with Crippen molar-refractivity contribution in [1.82, 2.24) is 10.2 Å². The number of hydrogen-bond acceptors (Lipinski definition) is 2. The molecule has 0 spiro atoms. The second-order valence-electron chi connectivity index (χ2n) is 4.53. The minimum atomic E-state index is -0.487. The fourth-order valence-corrected chi connectivity index (χ4v) is 1.60. The quantitative estimate of drug-likeness (QED) is 0.770. The van der Waals surface area contributed by atoms with Crippen LogP contribution in [0.2, 0.25) is 0 Å². The lowest BCUT2D eigenvalue weighted by molar-refractivity contribution is 0.394. The zero-order valence-corrected chi connectivity index (χ0v) is 10.7. The van der Waals surface area contributed by atoms with Gasteiger partial charge < -0.3 is 10.2 Å². The Kier molecular flexibility index (Phi) is 5.51. The number of rotatable bonds is 6. The molecule has 0 amide bonds. The first-order chi connectivity index (χ1) is 8.00. The minimum absolute atomic E-state index is 0.445. The van der Waals surface area contributed by atoms with Crippen LogP contribution in [-0.4, -0.2) is 32.1 Å². The molecule has 0 aliphatic rings. The molecule has 4 heteroatoms. The summed E-state index contributed by atoms with van der Waals surface area (Å²) in [4.78, 5) is 2.10. The van der Waals surface area contributed by atoms with Crippen LogP contribution in [0.3, 0.4) is 0 Å². The van der Waals surface area contributed by atoms with Gasteiger partial charge in [-0.05, 0) is 52.2 Å². The van der Waals surface area contributed by atoms with Crippen LogP contribution < -0.4 is 5.32 Å². The molecule has 0 radical (unpaired) electrons. The molecule has 0 bridgehead atoms. The van der Waals surface area contributed by atoms with Gasteiger partial charge in [0.2, 0.25) is 0 Å². The monoisotopic (exact) mass is 242 g/mol. The SMILES string of the molecule is Cc1cc(CNCCCN(C)C)c(F)cc1F. The number of aryl methyl sites for hydroxylation is 1. The first kappa shape index (κ1) is 14.1. The predicted octanol–water partition coefficient (Wildman–Crippen LogP) is 2.31. The van der Waals surface area contributed by atoms with E-state index < -0.39 is 11.6 Å². The van der Waals surface area contributed by atoms with Crippen molar-refractivity contribution < 1.29 is 8.78 Å². The third-order valence-corrected chi connectivity index (χ3v) is 2.60. The van der Waals surface area contributed by atoms with Gasteiger partial charge in [-0.2, -0.15) is 0 Å². The van der Waals surface area contributed by atoms with Gasteiger partial charge in [0, 0.05) is 18.2 Å². The Morgan fingerprint density at radius 2 is 1.88 bits per heavy atom. The van der Waals surface area contributed by atoms with Gasteiger partial charge in [-0.25, -0.2) is 8.78 Å². The van der Waals surface area contributed by atoms with Crippen molar-refractivity contribution in [2.24, 2.45) is 0 Å². The van der Waals surface area contributed by atoms with Crippen LogP contribution in [0.1, 0.15) is 17.5 Å². The summed E-state index contributed by atoms with van der Waals surface area (Å²) < 4.78 is 26.4. The fraction of sp³-hybridized carbons (Fsp3) is 0.538. The number of nitrogens with one attached hydrogen (secondary N) is 1. The maximum atomic E-state index is 13.4. The Labute approximate surface area is 102 Å². The molecule has 1 N–H and O–H groups in total. The number of nitrogens with zero attached hydrogens (tertiary/aromatic N) is 1. The van der Waals surface area contributed by atoms with Crippen LogP contribution in [0.25, 0.3) is 0 Å². The van der Waals surface area contributed by atoms with Crippen molar-refractivity contribution in [2.45, 2.75) is 19.9 Å². The molecule has 17 heavy (non-hydrogen) atoms. The van der Waals surface area contributed by atoms with Crippen LogP contribution in [0, 0.1) is 18.6 Å². The Morgan fingerprint density at radius 1 is 1.18 bits per heavy atom. The molecule has 0 aliphatic carbocycles. The van der Waals surface area contributed by atoms with Gasteiger partial charge in [0.05, 0.1) is 0 Å². The highest BCUT2D eigenvalue weighted by atomic mass is 19.1. The van der Waals surface area contributed by atoms with Crippen molar-refractivity contribution in [1.29, 1.82) is 0 Å². The summed E-state index contributed by atoms with van der Waals surface area (Å²) in [6, 6.07) is 2.51. The fourth-order valence-electron chi connectivity index (χ4n) is 1.60. The summed E-state index contributed by atoms with van der Waals surface area (Å²) in [6.45, 7) is 3.91. The van der Waals surface area contributed by atoms with E-state index in [9.17, 15) is 8.78 Å².